The Bertz CT molecular complexity index is 339. The highest BCUT2D eigenvalue weighted by molar-refractivity contribution is 7.88. The Balaban J connectivity index is 4.42. The molecule has 7 nitrogen and oxygen atoms in total. The quantitative estimate of drug-likeness (QED) is 0.671. The molecule has 0 rings (SSSR count). The minimum atomic E-state index is -3.32. The first-order chi connectivity index (χ1) is 7.62. The number of hydrogen-bond donors (Lipinski definition) is 1. The van der Waals surface area contributed by atoms with Crippen LogP contribution in [0.2, 0.25) is 0 Å². The molecule has 0 saturated carbocycles. The fourth-order valence-corrected chi connectivity index (χ4v) is 1.54. The molecule has 0 aliphatic heterocycles. The van der Waals surface area contributed by atoms with Crippen LogP contribution in [0.3, 0.4) is 0 Å². The molecule has 0 saturated heterocycles. The molecule has 0 fully saturated rings. The maximum absolute atomic E-state index is 11.2. The molecule has 0 heterocycles. The van der Waals surface area contributed by atoms with Crippen LogP contribution >= 0.6 is 0 Å². The van der Waals surface area contributed by atoms with E-state index in [-0.39, 0.29) is 19.3 Å². The zero-order chi connectivity index (χ0) is 13.6. The standard InChI is InChI=1S/C9H19NO6S/c1-7(2)16-8(6-15-9(11)12)5-10(3)17(4,13)14/h7-8H,5-6H2,1-4H3,(H,11,12)/t8-/m0/s1. The number of rotatable bonds is 7. The Morgan fingerprint density at radius 2 is 1.94 bits per heavy atom. The minimum absolute atomic E-state index is 0.0459. The van der Waals surface area contributed by atoms with Gasteiger partial charge in [-0.05, 0) is 13.8 Å². The molecule has 17 heavy (non-hydrogen) atoms. The summed E-state index contributed by atoms with van der Waals surface area (Å²) in [7, 11) is -1.93. The maximum Gasteiger partial charge on any atom is 0.505 e. The first-order valence-corrected chi connectivity index (χ1v) is 6.90. The molecule has 0 aromatic carbocycles. The van der Waals surface area contributed by atoms with Crippen molar-refractivity contribution in [2.24, 2.45) is 0 Å². The largest absolute Gasteiger partial charge is 0.505 e. The summed E-state index contributed by atoms with van der Waals surface area (Å²) >= 11 is 0. The van der Waals surface area contributed by atoms with E-state index in [1.54, 1.807) is 13.8 Å². The van der Waals surface area contributed by atoms with E-state index >= 15 is 0 Å². The lowest BCUT2D eigenvalue weighted by atomic mass is 10.3. The molecular formula is C9H19NO6S. The molecule has 0 radical (unpaired) electrons. The smallest absolute Gasteiger partial charge is 0.450 e. The Kier molecular flexibility index (Phi) is 6.43. The summed E-state index contributed by atoms with van der Waals surface area (Å²) in [4.78, 5) is 10.3. The zero-order valence-corrected chi connectivity index (χ0v) is 11.2. The predicted molar refractivity (Wildman–Crippen MR) is 61.5 cm³/mol. The van der Waals surface area contributed by atoms with Crippen molar-refractivity contribution >= 4 is 16.2 Å². The van der Waals surface area contributed by atoms with Crippen LogP contribution in [-0.2, 0) is 19.5 Å². The number of carboxylic acid groups (broad SMARTS) is 1. The van der Waals surface area contributed by atoms with Crippen LogP contribution in [0.25, 0.3) is 0 Å². The Morgan fingerprint density at radius 1 is 1.41 bits per heavy atom. The number of sulfonamides is 1. The van der Waals surface area contributed by atoms with Gasteiger partial charge in [0.2, 0.25) is 10.0 Å². The molecule has 0 aromatic rings. The highest BCUT2D eigenvalue weighted by atomic mass is 32.2. The van der Waals surface area contributed by atoms with Crippen LogP contribution in [0.5, 0.6) is 0 Å². The van der Waals surface area contributed by atoms with Gasteiger partial charge in [-0.25, -0.2) is 17.5 Å². The first-order valence-electron chi connectivity index (χ1n) is 5.05. The lowest BCUT2D eigenvalue weighted by Gasteiger charge is -2.23. The number of carbonyl (C=O) groups is 1. The van der Waals surface area contributed by atoms with Gasteiger partial charge in [0.15, 0.2) is 0 Å². The van der Waals surface area contributed by atoms with Crippen LogP contribution in [0.1, 0.15) is 13.8 Å². The van der Waals surface area contributed by atoms with Gasteiger partial charge in [-0.1, -0.05) is 0 Å². The van der Waals surface area contributed by atoms with E-state index in [2.05, 4.69) is 4.74 Å². The van der Waals surface area contributed by atoms with Gasteiger partial charge < -0.3 is 14.6 Å². The number of hydrogen-bond acceptors (Lipinski definition) is 5. The summed E-state index contributed by atoms with van der Waals surface area (Å²) < 4.78 is 33.3. The van der Waals surface area contributed by atoms with E-state index < -0.39 is 22.3 Å². The van der Waals surface area contributed by atoms with Crippen molar-refractivity contribution in [2.75, 3.05) is 26.5 Å². The zero-order valence-electron chi connectivity index (χ0n) is 10.4. The van der Waals surface area contributed by atoms with Crippen molar-refractivity contribution in [3.8, 4) is 0 Å². The third kappa shape index (κ3) is 7.94. The fraction of sp³-hybridized carbons (Fsp3) is 0.889. The van der Waals surface area contributed by atoms with Crippen LogP contribution in [0, 0.1) is 0 Å². The summed E-state index contributed by atoms with van der Waals surface area (Å²) in [6, 6.07) is 0. The molecule has 1 atom stereocenters. The third-order valence-corrected chi connectivity index (χ3v) is 3.17. The minimum Gasteiger partial charge on any atom is -0.450 e. The molecule has 0 aromatic heterocycles. The van der Waals surface area contributed by atoms with Crippen molar-refractivity contribution in [2.45, 2.75) is 26.1 Å². The molecule has 8 heteroatoms. The van der Waals surface area contributed by atoms with Crippen molar-refractivity contribution in [3.63, 3.8) is 0 Å². The van der Waals surface area contributed by atoms with E-state index in [1.165, 1.54) is 7.05 Å². The summed E-state index contributed by atoms with van der Waals surface area (Å²) in [6.45, 7) is 3.39. The number of likely N-dealkylation sites (N-methyl/N-ethyl adjacent to an activating group) is 1. The Morgan fingerprint density at radius 3 is 2.29 bits per heavy atom. The Labute approximate surface area is 101 Å². The van der Waals surface area contributed by atoms with Gasteiger partial charge in [-0.2, -0.15) is 0 Å². The molecule has 0 aliphatic rings. The second-order valence-electron chi connectivity index (χ2n) is 3.93. The van der Waals surface area contributed by atoms with E-state index in [0.29, 0.717) is 0 Å². The second-order valence-corrected chi connectivity index (χ2v) is 6.02. The van der Waals surface area contributed by atoms with Gasteiger partial charge >= 0.3 is 6.16 Å². The highest BCUT2D eigenvalue weighted by Gasteiger charge is 2.20. The van der Waals surface area contributed by atoms with Gasteiger partial charge in [0, 0.05) is 13.6 Å². The molecule has 1 N–H and O–H groups in total. The molecule has 102 valence electrons. The first kappa shape index (κ1) is 16.1. The number of nitrogens with zero attached hydrogens (tertiary/aromatic N) is 1. The van der Waals surface area contributed by atoms with Crippen molar-refractivity contribution in [3.05, 3.63) is 0 Å². The average molecular weight is 269 g/mol. The van der Waals surface area contributed by atoms with Crippen molar-refractivity contribution in [1.82, 2.24) is 4.31 Å². The van der Waals surface area contributed by atoms with Crippen LogP contribution < -0.4 is 0 Å². The van der Waals surface area contributed by atoms with E-state index in [0.717, 1.165) is 10.6 Å². The summed E-state index contributed by atoms with van der Waals surface area (Å²) in [6.07, 6.45) is -1.11. The van der Waals surface area contributed by atoms with Crippen molar-refractivity contribution < 1.29 is 27.8 Å². The van der Waals surface area contributed by atoms with Gasteiger partial charge in [0.25, 0.3) is 0 Å². The SMILES string of the molecule is CC(C)O[C@H](COC(=O)O)CN(C)S(C)(=O)=O. The Hall–Kier alpha value is -0.860. The molecular weight excluding hydrogens is 250 g/mol. The topological polar surface area (TPSA) is 93.1 Å². The average Bonchev–Trinajstić information content (AvgIpc) is 2.11. The third-order valence-electron chi connectivity index (χ3n) is 1.88. The molecule has 0 aliphatic carbocycles. The van der Waals surface area contributed by atoms with Gasteiger partial charge in [0.1, 0.15) is 12.7 Å². The van der Waals surface area contributed by atoms with Crippen LogP contribution in [0.15, 0.2) is 0 Å². The van der Waals surface area contributed by atoms with E-state index in [1.807, 2.05) is 0 Å². The lowest BCUT2D eigenvalue weighted by molar-refractivity contribution is -0.0399. The predicted octanol–water partition coefficient (Wildman–Crippen LogP) is 0.366. The fourth-order valence-electron chi connectivity index (χ4n) is 1.11. The number of ether oxygens (including phenoxy) is 2. The lowest BCUT2D eigenvalue weighted by Crippen LogP contribution is -2.38. The molecule has 0 bridgehead atoms. The van der Waals surface area contributed by atoms with Crippen LogP contribution in [-0.4, -0.2) is 62.6 Å². The molecule has 0 spiro atoms. The van der Waals surface area contributed by atoms with Gasteiger partial charge in [0.05, 0.1) is 12.4 Å². The highest BCUT2D eigenvalue weighted by Crippen LogP contribution is 2.04. The van der Waals surface area contributed by atoms with E-state index in [9.17, 15) is 13.2 Å². The molecule has 0 unspecified atom stereocenters. The van der Waals surface area contributed by atoms with E-state index in [4.69, 9.17) is 9.84 Å². The summed E-state index contributed by atoms with van der Waals surface area (Å²) in [5.74, 6) is 0. The second kappa shape index (κ2) is 6.77. The van der Waals surface area contributed by atoms with Crippen molar-refractivity contribution in [1.29, 1.82) is 0 Å². The maximum atomic E-state index is 11.2. The van der Waals surface area contributed by atoms with Gasteiger partial charge in [-0.3, -0.25) is 0 Å². The van der Waals surface area contributed by atoms with Gasteiger partial charge in [-0.15, -0.1) is 0 Å². The normalized spacial score (nSPS) is 14.0. The summed E-state index contributed by atoms with van der Waals surface area (Å²) in [5.41, 5.74) is 0. The molecule has 0 amide bonds. The monoisotopic (exact) mass is 269 g/mol. The van der Waals surface area contributed by atoms with Crippen LogP contribution in [0.4, 0.5) is 4.79 Å². The summed E-state index contributed by atoms with van der Waals surface area (Å²) in [5, 5.41) is 8.38.